The maximum atomic E-state index is 14.8. The number of halogens is 1. The van der Waals surface area contributed by atoms with E-state index in [0.29, 0.717) is 0 Å². The molecule has 0 amide bonds. The number of rotatable bonds is 3. The highest BCUT2D eigenvalue weighted by Crippen LogP contribution is 2.34. The van der Waals surface area contributed by atoms with E-state index in [2.05, 4.69) is 72.8 Å². The van der Waals surface area contributed by atoms with Crippen LogP contribution in [0.25, 0.3) is 0 Å². The molecule has 1 atom stereocenters. The zero-order chi connectivity index (χ0) is 19.7. The van der Waals surface area contributed by atoms with Crippen LogP contribution in [-0.4, -0.2) is 16.0 Å². The third-order valence-electron chi connectivity index (χ3n) is 5.76. The van der Waals surface area contributed by atoms with E-state index < -0.39 is 0 Å². The molecule has 1 aliphatic heterocycles. The van der Waals surface area contributed by atoms with Crippen LogP contribution in [0.2, 0.25) is 0 Å². The molecule has 1 unspecified atom stereocenters. The summed E-state index contributed by atoms with van der Waals surface area (Å²) in [6, 6.07) is 20.3. The monoisotopic (exact) mass is 376 g/mol. The lowest BCUT2D eigenvalue weighted by Gasteiger charge is -2.31. The quantitative estimate of drug-likeness (QED) is 0.551. The fourth-order valence-electron chi connectivity index (χ4n) is 4.21. The summed E-state index contributed by atoms with van der Waals surface area (Å²) in [4.78, 5) is 2.42. The largest absolute Gasteiger partial charge is 0.350 e. The van der Waals surface area contributed by atoms with Gasteiger partial charge in [-0.25, -0.2) is 4.39 Å². The summed E-state index contributed by atoms with van der Waals surface area (Å²) in [6.45, 7) is 9.45. The molecule has 0 saturated heterocycles. The van der Waals surface area contributed by atoms with Crippen molar-refractivity contribution in [2.24, 2.45) is 0 Å². The van der Waals surface area contributed by atoms with Crippen molar-refractivity contribution in [3.63, 3.8) is 0 Å². The Balaban J connectivity index is 1.69. The number of nitrogens with zero attached hydrogens (tertiary/aromatic N) is 2. The predicted octanol–water partition coefficient (Wildman–Crippen LogP) is 5.92. The van der Waals surface area contributed by atoms with Crippen molar-refractivity contribution in [2.45, 2.75) is 51.7 Å². The van der Waals surface area contributed by atoms with E-state index in [1.165, 1.54) is 16.8 Å². The zero-order valence-corrected chi connectivity index (χ0v) is 17.0. The van der Waals surface area contributed by atoms with Crippen molar-refractivity contribution in [3.8, 4) is 0 Å². The van der Waals surface area contributed by atoms with E-state index in [4.69, 9.17) is 0 Å². The Kier molecular flexibility index (Phi) is 5.11. The smallest absolute Gasteiger partial charge is 0.128 e. The molecule has 0 spiro atoms. The van der Waals surface area contributed by atoms with Gasteiger partial charge in [0.2, 0.25) is 0 Å². The summed E-state index contributed by atoms with van der Waals surface area (Å²) in [5, 5.41) is 0. The van der Waals surface area contributed by atoms with Crippen LogP contribution in [0.1, 0.15) is 55.6 Å². The third-order valence-corrected chi connectivity index (χ3v) is 5.76. The van der Waals surface area contributed by atoms with Crippen LogP contribution in [0.15, 0.2) is 66.9 Å². The molecular formula is C25H29FN2. The lowest BCUT2D eigenvalue weighted by Crippen LogP contribution is -2.30. The topological polar surface area (TPSA) is 8.17 Å². The van der Waals surface area contributed by atoms with Gasteiger partial charge in [0.25, 0.3) is 0 Å². The van der Waals surface area contributed by atoms with Crippen LogP contribution in [0, 0.1) is 5.82 Å². The second-order valence-electron chi connectivity index (χ2n) is 8.82. The molecule has 3 aromatic rings. The summed E-state index contributed by atoms with van der Waals surface area (Å²) in [6.07, 6.45) is 3.18. The van der Waals surface area contributed by atoms with Crippen molar-refractivity contribution in [3.05, 3.63) is 95.1 Å². The fraction of sp³-hybridized carbons (Fsp3) is 0.360. The highest BCUT2D eigenvalue weighted by molar-refractivity contribution is 5.32. The second-order valence-corrected chi connectivity index (χ2v) is 8.82. The predicted molar refractivity (Wildman–Crippen MR) is 113 cm³/mol. The van der Waals surface area contributed by atoms with Gasteiger partial charge in [0.05, 0.1) is 6.04 Å². The first-order chi connectivity index (χ1) is 13.4. The zero-order valence-electron chi connectivity index (χ0n) is 17.0. The summed E-state index contributed by atoms with van der Waals surface area (Å²) >= 11 is 0. The van der Waals surface area contributed by atoms with Gasteiger partial charge in [-0.3, -0.25) is 4.90 Å². The molecule has 4 rings (SSSR count). The van der Waals surface area contributed by atoms with Gasteiger partial charge in [-0.15, -0.1) is 0 Å². The van der Waals surface area contributed by atoms with Gasteiger partial charge in [0, 0.05) is 37.1 Å². The molecule has 0 radical (unpaired) electrons. The molecule has 2 aromatic carbocycles. The molecule has 0 saturated carbocycles. The molecule has 2 nitrogen and oxygen atoms in total. The standard InChI is InChI=1S/C25H29FN2/c1-25(2,3)20-13-11-19(12-14-20)18-28-17-7-16-27-15-6-10-23(27)24(28)21-8-4-5-9-22(21)26/h4-6,8-15,24H,7,16-18H2,1-3H3. The van der Waals surface area contributed by atoms with Gasteiger partial charge in [0.1, 0.15) is 5.82 Å². The number of hydrogen-bond donors (Lipinski definition) is 0. The highest BCUT2D eigenvalue weighted by atomic mass is 19.1. The van der Waals surface area contributed by atoms with Crippen LogP contribution in [0.5, 0.6) is 0 Å². The van der Waals surface area contributed by atoms with Crippen molar-refractivity contribution in [1.29, 1.82) is 0 Å². The molecule has 1 aromatic heterocycles. The molecule has 3 heteroatoms. The van der Waals surface area contributed by atoms with Crippen molar-refractivity contribution >= 4 is 0 Å². The molecule has 0 N–H and O–H groups in total. The third kappa shape index (κ3) is 3.77. The Hall–Kier alpha value is -2.39. The second kappa shape index (κ2) is 7.56. The van der Waals surface area contributed by atoms with Gasteiger partial charge in [0.15, 0.2) is 0 Å². The van der Waals surface area contributed by atoms with Gasteiger partial charge < -0.3 is 4.57 Å². The summed E-state index contributed by atoms with van der Waals surface area (Å²) in [5.41, 5.74) is 4.70. The van der Waals surface area contributed by atoms with Gasteiger partial charge >= 0.3 is 0 Å². The molecule has 0 bridgehead atoms. The van der Waals surface area contributed by atoms with Gasteiger partial charge in [-0.1, -0.05) is 63.2 Å². The minimum absolute atomic E-state index is 0.0685. The summed E-state index contributed by atoms with van der Waals surface area (Å²) < 4.78 is 17.0. The SMILES string of the molecule is CC(C)(C)c1ccc(CN2CCCn3cccc3C2c2ccccc2F)cc1. The Morgan fingerprint density at radius 3 is 2.39 bits per heavy atom. The molecular weight excluding hydrogens is 347 g/mol. The summed E-state index contributed by atoms with van der Waals surface area (Å²) in [7, 11) is 0. The molecule has 146 valence electrons. The van der Waals surface area contributed by atoms with Crippen LogP contribution in [0.4, 0.5) is 4.39 Å². The first-order valence-corrected chi connectivity index (χ1v) is 10.2. The van der Waals surface area contributed by atoms with Gasteiger partial charge in [-0.05, 0) is 41.2 Å². The number of hydrogen-bond acceptors (Lipinski definition) is 1. The van der Waals surface area contributed by atoms with Crippen LogP contribution < -0.4 is 0 Å². The molecule has 0 aliphatic carbocycles. The molecule has 28 heavy (non-hydrogen) atoms. The maximum absolute atomic E-state index is 14.8. The first kappa shape index (κ1) is 18.9. The van der Waals surface area contributed by atoms with E-state index in [-0.39, 0.29) is 17.3 Å². The maximum Gasteiger partial charge on any atom is 0.128 e. The normalized spacial score (nSPS) is 17.9. The van der Waals surface area contributed by atoms with Crippen molar-refractivity contribution < 1.29 is 4.39 Å². The van der Waals surface area contributed by atoms with E-state index in [9.17, 15) is 4.39 Å². The molecule has 0 fully saturated rings. The van der Waals surface area contributed by atoms with Crippen LogP contribution >= 0.6 is 0 Å². The Morgan fingerprint density at radius 2 is 1.68 bits per heavy atom. The van der Waals surface area contributed by atoms with Crippen molar-refractivity contribution in [1.82, 2.24) is 9.47 Å². The first-order valence-electron chi connectivity index (χ1n) is 10.2. The average Bonchev–Trinajstić information content (AvgIpc) is 3.04. The number of benzene rings is 2. The Bertz CT molecular complexity index is 934. The van der Waals surface area contributed by atoms with Crippen molar-refractivity contribution in [2.75, 3.05) is 6.54 Å². The van der Waals surface area contributed by atoms with Crippen LogP contribution in [0.3, 0.4) is 0 Å². The van der Waals surface area contributed by atoms with E-state index in [0.717, 1.165) is 31.6 Å². The Labute approximate surface area is 167 Å². The van der Waals surface area contributed by atoms with Gasteiger partial charge in [-0.2, -0.15) is 0 Å². The minimum atomic E-state index is -0.129. The molecule has 2 heterocycles. The molecule has 1 aliphatic rings. The number of aromatic nitrogens is 1. The Morgan fingerprint density at radius 1 is 0.929 bits per heavy atom. The van der Waals surface area contributed by atoms with Crippen LogP contribution in [-0.2, 0) is 18.5 Å². The van der Waals surface area contributed by atoms with E-state index in [1.807, 2.05) is 12.1 Å². The lowest BCUT2D eigenvalue weighted by atomic mass is 9.86. The average molecular weight is 377 g/mol. The fourth-order valence-corrected chi connectivity index (χ4v) is 4.21. The minimum Gasteiger partial charge on any atom is -0.350 e. The highest BCUT2D eigenvalue weighted by Gasteiger charge is 2.29. The number of fused-ring (bicyclic) bond motifs is 1. The lowest BCUT2D eigenvalue weighted by molar-refractivity contribution is 0.216. The number of aryl methyl sites for hydroxylation is 1. The van der Waals surface area contributed by atoms with E-state index >= 15 is 0 Å². The summed E-state index contributed by atoms with van der Waals surface area (Å²) in [5.74, 6) is -0.129. The van der Waals surface area contributed by atoms with E-state index in [1.54, 1.807) is 12.1 Å².